The molecule has 2 aromatic heterocycles. The molecule has 2 amide bonds. The number of carbonyl (C=O) groups is 1. The van der Waals surface area contributed by atoms with E-state index in [0.29, 0.717) is 13.1 Å². The van der Waals surface area contributed by atoms with Crippen molar-refractivity contribution in [1.29, 1.82) is 0 Å². The first-order valence-electron chi connectivity index (χ1n) is 8.33. The monoisotopic (exact) mass is 349 g/mol. The van der Waals surface area contributed by atoms with Gasteiger partial charge in [0.15, 0.2) is 0 Å². The van der Waals surface area contributed by atoms with Gasteiger partial charge in [-0.1, -0.05) is 36.4 Å². The molecule has 0 aliphatic rings. The molecule has 5 heteroatoms. The van der Waals surface area contributed by atoms with Crippen LogP contribution in [0.1, 0.15) is 11.3 Å². The predicted octanol–water partition coefficient (Wildman–Crippen LogP) is 4.42. The molecule has 3 N–H and O–H groups in total. The van der Waals surface area contributed by atoms with E-state index in [4.69, 9.17) is 0 Å². The summed E-state index contributed by atoms with van der Waals surface area (Å²) >= 11 is 1.75. The van der Waals surface area contributed by atoms with Crippen LogP contribution in [0.4, 0.5) is 4.79 Å². The summed E-state index contributed by atoms with van der Waals surface area (Å²) in [4.78, 5) is 15.3. The quantitative estimate of drug-likeness (QED) is 0.491. The number of aromatic amines is 1. The van der Waals surface area contributed by atoms with E-state index in [1.54, 1.807) is 11.3 Å². The molecule has 4 nitrogen and oxygen atoms in total. The van der Waals surface area contributed by atoms with E-state index in [-0.39, 0.29) is 6.03 Å². The van der Waals surface area contributed by atoms with Crippen LogP contribution >= 0.6 is 11.3 Å². The SMILES string of the molecule is O=C(NCCc1csc2ccccc12)NCc1cc2ccccc2[nH]1. The zero-order valence-corrected chi connectivity index (χ0v) is 14.5. The molecule has 2 heterocycles. The van der Waals surface area contributed by atoms with Gasteiger partial charge >= 0.3 is 6.03 Å². The average Bonchev–Trinajstić information content (AvgIpc) is 3.24. The van der Waals surface area contributed by atoms with Crippen LogP contribution < -0.4 is 10.6 Å². The summed E-state index contributed by atoms with van der Waals surface area (Å²) in [6, 6.07) is 18.4. The van der Waals surface area contributed by atoms with Crippen molar-refractivity contribution in [3.8, 4) is 0 Å². The Morgan fingerprint density at radius 1 is 1.04 bits per heavy atom. The maximum atomic E-state index is 12.0. The van der Waals surface area contributed by atoms with Gasteiger partial charge in [-0.05, 0) is 46.3 Å². The third-order valence-electron chi connectivity index (χ3n) is 4.27. The number of fused-ring (bicyclic) bond motifs is 2. The van der Waals surface area contributed by atoms with E-state index in [9.17, 15) is 4.79 Å². The number of aromatic nitrogens is 1. The van der Waals surface area contributed by atoms with Crippen LogP contribution in [0.15, 0.2) is 60.0 Å². The van der Waals surface area contributed by atoms with E-state index in [1.165, 1.54) is 15.6 Å². The van der Waals surface area contributed by atoms with E-state index in [2.05, 4.69) is 57.4 Å². The summed E-state index contributed by atoms with van der Waals surface area (Å²) in [6.45, 7) is 1.11. The van der Waals surface area contributed by atoms with Gasteiger partial charge in [0.1, 0.15) is 0 Å². The van der Waals surface area contributed by atoms with Crippen molar-refractivity contribution in [2.45, 2.75) is 13.0 Å². The fourth-order valence-corrected chi connectivity index (χ4v) is 4.00. The number of benzene rings is 2. The van der Waals surface area contributed by atoms with Crippen LogP contribution in [0.2, 0.25) is 0 Å². The highest BCUT2D eigenvalue weighted by molar-refractivity contribution is 7.17. The van der Waals surface area contributed by atoms with E-state index in [0.717, 1.165) is 23.0 Å². The van der Waals surface area contributed by atoms with Crippen molar-refractivity contribution in [3.05, 3.63) is 71.2 Å². The van der Waals surface area contributed by atoms with Crippen LogP contribution in [0.3, 0.4) is 0 Å². The summed E-state index contributed by atoms with van der Waals surface area (Å²) in [5.74, 6) is 0. The lowest BCUT2D eigenvalue weighted by atomic mass is 10.1. The van der Waals surface area contributed by atoms with Gasteiger partial charge in [-0.25, -0.2) is 4.79 Å². The standard InChI is InChI=1S/C20H19N3OS/c24-20(22-12-16-11-14-5-1-3-7-18(14)23-16)21-10-9-15-13-25-19-8-4-2-6-17(15)19/h1-8,11,13,23H,9-10,12H2,(H2,21,22,24). The number of thiophene rings is 1. The highest BCUT2D eigenvalue weighted by Crippen LogP contribution is 2.25. The van der Waals surface area contributed by atoms with Crippen LogP contribution in [-0.2, 0) is 13.0 Å². The number of nitrogens with one attached hydrogen (secondary N) is 3. The number of hydrogen-bond donors (Lipinski definition) is 3. The summed E-state index contributed by atoms with van der Waals surface area (Å²) in [7, 11) is 0. The minimum Gasteiger partial charge on any atom is -0.357 e. The summed E-state index contributed by atoms with van der Waals surface area (Å²) < 4.78 is 1.29. The Balaban J connectivity index is 1.27. The molecule has 0 fully saturated rings. The second-order valence-electron chi connectivity index (χ2n) is 6.00. The molecular formula is C20H19N3OS. The third-order valence-corrected chi connectivity index (χ3v) is 5.28. The van der Waals surface area contributed by atoms with Crippen molar-refractivity contribution < 1.29 is 4.79 Å². The highest BCUT2D eigenvalue weighted by Gasteiger charge is 2.05. The fourth-order valence-electron chi connectivity index (χ4n) is 3.00. The number of carbonyl (C=O) groups excluding carboxylic acids is 1. The van der Waals surface area contributed by atoms with E-state index in [1.807, 2.05) is 18.2 Å². The smallest absolute Gasteiger partial charge is 0.315 e. The zero-order chi connectivity index (χ0) is 17.1. The molecule has 126 valence electrons. The van der Waals surface area contributed by atoms with Crippen molar-refractivity contribution in [2.75, 3.05) is 6.54 Å². The topological polar surface area (TPSA) is 56.9 Å². The zero-order valence-electron chi connectivity index (χ0n) is 13.7. The maximum absolute atomic E-state index is 12.0. The van der Waals surface area contributed by atoms with E-state index < -0.39 is 0 Å². The average molecular weight is 349 g/mol. The number of urea groups is 1. The second kappa shape index (κ2) is 6.99. The Bertz CT molecular complexity index is 985. The highest BCUT2D eigenvalue weighted by atomic mass is 32.1. The Hall–Kier alpha value is -2.79. The Morgan fingerprint density at radius 2 is 1.88 bits per heavy atom. The van der Waals surface area contributed by atoms with Crippen LogP contribution in [0.25, 0.3) is 21.0 Å². The van der Waals surface area contributed by atoms with Gasteiger partial charge in [-0.3, -0.25) is 0 Å². The van der Waals surface area contributed by atoms with E-state index >= 15 is 0 Å². The van der Waals surface area contributed by atoms with Crippen LogP contribution in [0.5, 0.6) is 0 Å². The van der Waals surface area contributed by atoms with Gasteiger partial charge < -0.3 is 15.6 Å². The first-order valence-corrected chi connectivity index (χ1v) is 9.21. The molecule has 0 aliphatic carbocycles. The summed E-state index contributed by atoms with van der Waals surface area (Å²) in [5.41, 5.74) is 3.38. The predicted molar refractivity (Wildman–Crippen MR) is 104 cm³/mol. The third kappa shape index (κ3) is 3.51. The Labute approximate surface area is 149 Å². The van der Waals surface area contributed by atoms with Crippen molar-refractivity contribution in [3.63, 3.8) is 0 Å². The minimum atomic E-state index is -0.141. The maximum Gasteiger partial charge on any atom is 0.315 e. The van der Waals surface area contributed by atoms with Crippen LogP contribution in [0, 0.1) is 0 Å². The summed E-state index contributed by atoms with van der Waals surface area (Å²) in [6.07, 6.45) is 0.837. The fraction of sp³-hybridized carbons (Fsp3) is 0.150. The van der Waals surface area contributed by atoms with Crippen molar-refractivity contribution >= 4 is 38.4 Å². The molecule has 0 spiro atoms. The lowest BCUT2D eigenvalue weighted by Crippen LogP contribution is -2.36. The molecule has 0 radical (unpaired) electrons. The molecule has 25 heavy (non-hydrogen) atoms. The number of hydrogen-bond acceptors (Lipinski definition) is 2. The van der Waals surface area contributed by atoms with Crippen molar-refractivity contribution in [2.24, 2.45) is 0 Å². The van der Waals surface area contributed by atoms with Gasteiger partial charge in [-0.2, -0.15) is 0 Å². The van der Waals surface area contributed by atoms with Gasteiger partial charge in [-0.15, -0.1) is 11.3 Å². The van der Waals surface area contributed by atoms with Gasteiger partial charge in [0.05, 0.1) is 6.54 Å². The molecule has 0 atom stereocenters. The molecule has 0 saturated heterocycles. The lowest BCUT2D eigenvalue weighted by molar-refractivity contribution is 0.240. The molecule has 4 rings (SSSR count). The minimum absolute atomic E-state index is 0.141. The largest absolute Gasteiger partial charge is 0.357 e. The molecule has 4 aromatic rings. The lowest BCUT2D eigenvalue weighted by Gasteiger charge is -2.06. The Morgan fingerprint density at radius 3 is 2.80 bits per heavy atom. The van der Waals surface area contributed by atoms with Gasteiger partial charge in [0.25, 0.3) is 0 Å². The van der Waals surface area contributed by atoms with Crippen molar-refractivity contribution in [1.82, 2.24) is 15.6 Å². The summed E-state index contributed by atoms with van der Waals surface area (Å²) in [5, 5.41) is 10.4. The molecule has 0 unspecified atom stereocenters. The molecule has 0 aliphatic heterocycles. The molecule has 0 bridgehead atoms. The first kappa shape index (κ1) is 15.7. The normalized spacial score (nSPS) is 11.0. The first-order chi connectivity index (χ1) is 12.3. The number of rotatable bonds is 5. The second-order valence-corrected chi connectivity index (χ2v) is 6.91. The number of amides is 2. The van der Waals surface area contributed by atoms with Gasteiger partial charge in [0.2, 0.25) is 0 Å². The van der Waals surface area contributed by atoms with Crippen LogP contribution in [-0.4, -0.2) is 17.6 Å². The number of H-pyrrole nitrogens is 1. The molecule has 0 saturated carbocycles. The Kier molecular flexibility index (Phi) is 4.39. The molecule has 2 aromatic carbocycles. The van der Waals surface area contributed by atoms with Gasteiger partial charge in [0, 0.05) is 22.5 Å². The molecular weight excluding hydrogens is 330 g/mol. The number of para-hydroxylation sites is 1.